The molecule has 4 N–H and O–H groups in total. The van der Waals surface area contributed by atoms with E-state index in [0.717, 1.165) is 29.2 Å². The quantitative estimate of drug-likeness (QED) is 0.639. The SMILES string of the molecule is CCC(COC)Nc1sc(C(=O)NC2CC2)c(N)c1SC. The largest absolute Gasteiger partial charge is 0.396 e. The molecule has 1 unspecified atom stereocenters. The summed E-state index contributed by atoms with van der Waals surface area (Å²) >= 11 is 3.00. The van der Waals surface area contributed by atoms with Crippen molar-refractivity contribution in [2.75, 3.05) is 31.0 Å². The van der Waals surface area contributed by atoms with Crippen LogP contribution < -0.4 is 16.4 Å². The molecule has 0 bridgehead atoms. The van der Waals surface area contributed by atoms with Gasteiger partial charge in [-0.1, -0.05) is 6.92 Å². The summed E-state index contributed by atoms with van der Waals surface area (Å²) in [6, 6.07) is 0.559. The number of ether oxygens (including phenoxy) is 1. The summed E-state index contributed by atoms with van der Waals surface area (Å²) in [7, 11) is 1.69. The van der Waals surface area contributed by atoms with Crippen molar-refractivity contribution in [2.24, 2.45) is 0 Å². The molecule has 7 heteroatoms. The molecule has 1 aliphatic rings. The topological polar surface area (TPSA) is 76.4 Å². The van der Waals surface area contributed by atoms with Crippen LogP contribution in [0.2, 0.25) is 0 Å². The van der Waals surface area contributed by atoms with Gasteiger partial charge in [0.25, 0.3) is 5.91 Å². The van der Waals surface area contributed by atoms with Gasteiger partial charge in [-0.3, -0.25) is 4.79 Å². The third-order valence-electron chi connectivity index (χ3n) is 3.42. The smallest absolute Gasteiger partial charge is 0.263 e. The van der Waals surface area contributed by atoms with E-state index in [2.05, 4.69) is 17.6 Å². The lowest BCUT2D eigenvalue weighted by atomic mass is 10.2. The van der Waals surface area contributed by atoms with Crippen molar-refractivity contribution >= 4 is 39.7 Å². The zero-order valence-corrected chi connectivity index (χ0v) is 14.3. The van der Waals surface area contributed by atoms with Gasteiger partial charge in [0.05, 0.1) is 17.2 Å². The van der Waals surface area contributed by atoms with Crippen LogP contribution >= 0.6 is 23.1 Å². The van der Waals surface area contributed by atoms with E-state index in [-0.39, 0.29) is 11.9 Å². The number of hydrogen-bond acceptors (Lipinski definition) is 6. The highest BCUT2D eigenvalue weighted by Crippen LogP contribution is 2.42. The Morgan fingerprint density at radius 3 is 2.81 bits per heavy atom. The predicted molar refractivity (Wildman–Crippen MR) is 90.6 cm³/mol. The number of rotatable bonds is 8. The number of carbonyl (C=O) groups excluding carboxylic acids is 1. The van der Waals surface area contributed by atoms with E-state index in [1.807, 2.05) is 6.26 Å². The van der Waals surface area contributed by atoms with Gasteiger partial charge in [0.1, 0.15) is 9.88 Å². The average Bonchev–Trinajstić information content (AvgIpc) is 3.21. The molecule has 118 valence electrons. The molecule has 1 heterocycles. The van der Waals surface area contributed by atoms with Crippen molar-refractivity contribution in [3.63, 3.8) is 0 Å². The van der Waals surface area contributed by atoms with E-state index < -0.39 is 0 Å². The minimum absolute atomic E-state index is 0.0526. The molecule has 1 aromatic heterocycles. The van der Waals surface area contributed by atoms with Crippen molar-refractivity contribution in [1.29, 1.82) is 0 Å². The Hall–Kier alpha value is -0.920. The Bertz CT molecular complexity index is 501. The Kier molecular flexibility index (Phi) is 5.78. The number of nitrogen functional groups attached to an aromatic ring is 1. The number of anilines is 2. The molecule has 1 aliphatic carbocycles. The van der Waals surface area contributed by atoms with Crippen molar-refractivity contribution in [2.45, 2.75) is 43.2 Å². The van der Waals surface area contributed by atoms with Gasteiger partial charge in [0, 0.05) is 19.2 Å². The molecule has 1 amide bonds. The first-order chi connectivity index (χ1) is 10.1. The summed E-state index contributed by atoms with van der Waals surface area (Å²) in [6.07, 6.45) is 5.07. The van der Waals surface area contributed by atoms with Crippen molar-refractivity contribution in [3.8, 4) is 0 Å². The summed E-state index contributed by atoms with van der Waals surface area (Å²) in [5.41, 5.74) is 6.74. The third-order valence-corrected chi connectivity index (χ3v) is 5.52. The molecular formula is C14H23N3O2S2. The number of nitrogens with one attached hydrogen (secondary N) is 2. The molecule has 0 spiro atoms. The molecule has 1 fully saturated rings. The van der Waals surface area contributed by atoms with Gasteiger partial charge in [-0.2, -0.15) is 0 Å². The first-order valence-electron chi connectivity index (χ1n) is 7.13. The molecule has 1 aromatic rings. The molecule has 1 atom stereocenters. The van der Waals surface area contributed by atoms with E-state index in [9.17, 15) is 4.79 Å². The van der Waals surface area contributed by atoms with Gasteiger partial charge in [-0.05, 0) is 25.5 Å². The number of nitrogens with two attached hydrogens (primary N) is 1. The zero-order valence-electron chi connectivity index (χ0n) is 12.7. The Morgan fingerprint density at radius 1 is 1.57 bits per heavy atom. The second-order valence-electron chi connectivity index (χ2n) is 5.16. The van der Waals surface area contributed by atoms with Crippen LogP contribution in [0.1, 0.15) is 35.9 Å². The number of thiophene rings is 1. The number of hydrogen-bond donors (Lipinski definition) is 3. The number of methoxy groups -OCH3 is 1. The summed E-state index contributed by atoms with van der Waals surface area (Å²) in [6.45, 7) is 2.73. The lowest BCUT2D eigenvalue weighted by molar-refractivity contribution is 0.0956. The maximum absolute atomic E-state index is 12.2. The molecule has 2 rings (SSSR count). The highest BCUT2D eigenvalue weighted by atomic mass is 32.2. The lowest BCUT2D eigenvalue weighted by Gasteiger charge is -2.16. The molecule has 5 nitrogen and oxygen atoms in total. The first kappa shape index (κ1) is 16.5. The van der Waals surface area contributed by atoms with Gasteiger partial charge < -0.3 is 21.1 Å². The molecule has 0 saturated heterocycles. The van der Waals surface area contributed by atoms with E-state index in [1.54, 1.807) is 18.9 Å². The fraction of sp³-hybridized carbons (Fsp3) is 0.643. The van der Waals surface area contributed by atoms with Crippen molar-refractivity contribution in [1.82, 2.24) is 5.32 Å². The number of amides is 1. The van der Waals surface area contributed by atoms with E-state index in [4.69, 9.17) is 10.5 Å². The molecule has 21 heavy (non-hydrogen) atoms. The van der Waals surface area contributed by atoms with Crippen molar-refractivity contribution < 1.29 is 9.53 Å². The third kappa shape index (κ3) is 4.05. The fourth-order valence-corrected chi connectivity index (χ4v) is 4.02. The van der Waals surface area contributed by atoms with Gasteiger partial charge >= 0.3 is 0 Å². The van der Waals surface area contributed by atoms with Crippen LogP contribution in [0.5, 0.6) is 0 Å². The first-order valence-corrected chi connectivity index (χ1v) is 9.17. The maximum atomic E-state index is 12.2. The van der Waals surface area contributed by atoms with Crippen LogP contribution in [-0.2, 0) is 4.74 Å². The van der Waals surface area contributed by atoms with E-state index in [0.29, 0.717) is 23.2 Å². The minimum Gasteiger partial charge on any atom is -0.396 e. The Balaban J connectivity index is 2.17. The van der Waals surface area contributed by atoms with Gasteiger partial charge in [-0.25, -0.2) is 0 Å². The van der Waals surface area contributed by atoms with Crippen molar-refractivity contribution in [3.05, 3.63) is 4.88 Å². The van der Waals surface area contributed by atoms with Gasteiger partial charge in [0.2, 0.25) is 0 Å². The standard InChI is InChI=1S/C14H23N3O2S2/c1-4-8(7-19-2)17-14-12(20-3)10(15)11(21-14)13(18)16-9-5-6-9/h8-9,17H,4-7,15H2,1-3H3,(H,16,18). The van der Waals surface area contributed by atoms with Crippen LogP contribution in [0.15, 0.2) is 4.90 Å². The van der Waals surface area contributed by atoms with E-state index >= 15 is 0 Å². The average molecular weight is 329 g/mol. The number of carbonyl (C=O) groups is 1. The van der Waals surface area contributed by atoms with Crippen LogP contribution in [0.3, 0.4) is 0 Å². The Morgan fingerprint density at radius 2 is 2.29 bits per heavy atom. The Labute approximate surface area is 134 Å². The van der Waals surface area contributed by atoms with Gasteiger partial charge in [0.15, 0.2) is 0 Å². The second kappa shape index (κ2) is 7.38. The monoisotopic (exact) mass is 329 g/mol. The molecule has 0 aliphatic heterocycles. The summed E-state index contributed by atoms with van der Waals surface area (Å²) in [5, 5.41) is 7.41. The number of thioether (sulfide) groups is 1. The maximum Gasteiger partial charge on any atom is 0.263 e. The van der Waals surface area contributed by atoms with Crippen LogP contribution in [0, 0.1) is 0 Å². The summed E-state index contributed by atoms with van der Waals surface area (Å²) in [4.78, 5) is 13.8. The molecule has 0 aromatic carbocycles. The highest BCUT2D eigenvalue weighted by molar-refractivity contribution is 7.99. The van der Waals surface area contributed by atoms with Gasteiger partial charge in [-0.15, -0.1) is 23.1 Å². The molecule has 0 radical (unpaired) electrons. The highest BCUT2D eigenvalue weighted by Gasteiger charge is 2.27. The normalized spacial score (nSPS) is 15.8. The molecule has 1 saturated carbocycles. The van der Waals surface area contributed by atoms with Crippen LogP contribution in [0.4, 0.5) is 10.7 Å². The second-order valence-corrected chi connectivity index (χ2v) is 7.00. The van der Waals surface area contributed by atoms with Crippen LogP contribution in [-0.4, -0.2) is 38.0 Å². The predicted octanol–water partition coefficient (Wildman–Crippen LogP) is 2.78. The molecular weight excluding hydrogens is 306 g/mol. The lowest BCUT2D eigenvalue weighted by Crippen LogP contribution is -2.25. The zero-order chi connectivity index (χ0) is 15.4. The van der Waals surface area contributed by atoms with Crippen LogP contribution in [0.25, 0.3) is 0 Å². The van der Waals surface area contributed by atoms with E-state index in [1.165, 1.54) is 11.3 Å². The minimum atomic E-state index is -0.0526. The fourth-order valence-electron chi connectivity index (χ4n) is 2.02. The summed E-state index contributed by atoms with van der Waals surface area (Å²) < 4.78 is 5.21. The summed E-state index contributed by atoms with van der Waals surface area (Å²) in [5.74, 6) is -0.0526.